The van der Waals surface area contributed by atoms with Crippen molar-refractivity contribution < 1.29 is 18.4 Å². The molecule has 1 aromatic heterocycles. The molecular weight excluding hydrogens is 390 g/mol. The van der Waals surface area contributed by atoms with Crippen LogP contribution in [0.5, 0.6) is 0 Å². The zero-order chi connectivity index (χ0) is 21.3. The first kappa shape index (κ1) is 21.2. The molecule has 1 aromatic rings. The summed E-state index contributed by atoms with van der Waals surface area (Å²) in [6, 6.07) is 0. The fourth-order valence-electron chi connectivity index (χ4n) is 5.52. The Morgan fingerprint density at radius 2 is 1.70 bits per heavy atom. The number of hydrogen-bond acceptors (Lipinski definition) is 3. The first-order valence-corrected chi connectivity index (χ1v) is 11.3. The van der Waals surface area contributed by atoms with Crippen molar-refractivity contribution in [2.75, 3.05) is 26.2 Å². The van der Waals surface area contributed by atoms with E-state index in [0.717, 1.165) is 64.5 Å². The van der Waals surface area contributed by atoms with Crippen LogP contribution >= 0.6 is 0 Å². The largest absolute Gasteiger partial charge is 0.343 e. The van der Waals surface area contributed by atoms with E-state index in [2.05, 4.69) is 5.10 Å². The van der Waals surface area contributed by atoms with Crippen molar-refractivity contribution in [1.82, 2.24) is 19.6 Å². The van der Waals surface area contributed by atoms with E-state index in [1.54, 1.807) is 11.9 Å². The number of piperidine rings is 1. The Labute approximate surface area is 176 Å². The number of halogens is 2. The highest BCUT2D eigenvalue weighted by molar-refractivity contribution is 5.95. The molecule has 0 atom stereocenters. The molecule has 0 N–H and O–H groups in total. The van der Waals surface area contributed by atoms with E-state index in [-0.39, 0.29) is 16.9 Å². The van der Waals surface area contributed by atoms with Gasteiger partial charge in [-0.3, -0.25) is 14.3 Å². The highest BCUT2D eigenvalue weighted by atomic mass is 19.3. The lowest BCUT2D eigenvalue weighted by Gasteiger charge is -2.46. The van der Waals surface area contributed by atoms with Gasteiger partial charge in [-0.1, -0.05) is 0 Å². The van der Waals surface area contributed by atoms with E-state index in [4.69, 9.17) is 0 Å². The second-order valence-electron chi connectivity index (χ2n) is 9.43. The number of nitrogens with zero attached hydrogens (tertiary/aromatic N) is 4. The minimum absolute atomic E-state index is 0.0209. The quantitative estimate of drug-likeness (QED) is 0.742. The maximum atomic E-state index is 13.2. The van der Waals surface area contributed by atoms with E-state index in [0.29, 0.717) is 31.3 Å². The fourth-order valence-corrected chi connectivity index (χ4v) is 5.52. The average molecular weight is 423 g/mol. The molecule has 30 heavy (non-hydrogen) atoms. The number of likely N-dealkylation sites (tertiary alicyclic amines) is 2. The first-order chi connectivity index (χ1) is 14.4. The zero-order valence-electron chi connectivity index (χ0n) is 17.8. The van der Waals surface area contributed by atoms with Gasteiger partial charge in [-0.25, -0.2) is 8.78 Å². The molecule has 0 unspecified atom stereocenters. The van der Waals surface area contributed by atoms with Gasteiger partial charge in [0.05, 0.1) is 5.56 Å². The van der Waals surface area contributed by atoms with Crippen LogP contribution in [-0.2, 0) is 11.8 Å². The van der Waals surface area contributed by atoms with Crippen molar-refractivity contribution in [2.24, 2.45) is 18.4 Å². The molecular formula is C22H32F2N4O2. The molecule has 3 heterocycles. The molecule has 4 rings (SSSR count). The lowest BCUT2D eigenvalue weighted by Crippen LogP contribution is -2.45. The van der Waals surface area contributed by atoms with Crippen molar-refractivity contribution in [3.8, 4) is 0 Å². The van der Waals surface area contributed by atoms with Gasteiger partial charge in [0, 0.05) is 45.8 Å². The molecule has 3 aliphatic rings. The van der Waals surface area contributed by atoms with Gasteiger partial charge in [-0.2, -0.15) is 5.10 Å². The lowest BCUT2D eigenvalue weighted by atomic mass is 9.65. The molecule has 2 aliphatic heterocycles. The van der Waals surface area contributed by atoms with Gasteiger partial charge in [-0.05, 0) is 62.7 Å². The minimum Gasteiger partial charge on any atom is -0.343 e. The van der Waals surface area contributed by atoms with E-state index in [1.807, 2.05) is 4.90 Å². The summed E-state index contributed by atoms with van der Waals surface area (Å²) in [7, 11) is 1.56. The van der Waals surface area contributed by atoms with Crippen LogP contribution in [0.15, 0.2) is 6.20 Å². The van der Waals surface area contributed by atoms with Gasteiger partial charge in [-0.15, -0.1) is 0 Å². The monoisotopic (exact) mass is 422 g/mol. The fraction of sp³-hybridized carbons (Fsp3) is 0.773. The highest BCUT2D eigenvalue weighted by Crippen LogP contribution is 2.47. The number of hydrogen-bond donors (Lipinski definition) is 0. The van der Waals surface area contributed by atoms with Crippen molar-refractivity contribution in [2.45, 2.75) is 64.2 Å². The van der Waals surface area contributed by atoms with E-state index < -0.39 is 12.1 Å². The predicted octanol–water partition coefficient (Wildman–Crippen LogP) is 3.78. The molecule has 1 aliphatic carbocycles. The van der Waals surface area contributed by atoms with Crippen LogP contribution in [0.4, 0.5) is 8.78 Å². The summed E-state index contributed by atoms with van der Waals surface area (Å²) in [4.78, 5) is 29.0. The second-order valence-corrected chi connectivity index (χ2v) is 9.43. The Kier molecular flexibility index (Phi) is 6.11. The van der Waals surface area contributed by atoms with Gasteiger partial charge in [0.2, 0.25) is 5.91 Å². The number of aromatic nitrogens is 2. The third kappa shape index (κ3) is 4.37. The van der Waals surface area contributed by atoms with Crippen molar-refractivity contribution in [3.05, 3.63) is 17.5 Å². The summed E-state index contributed by atoms with van der Waals surface area (Å²) in [5.41, 5.74) is -0.164. The average Bonchev–Trinajstić information content (AvgIpc) is 3.40. The number of carbonyl (C=O) groups excluding carboxylic acids is 2. The summed E-state index contributed by atoms with van der Waals surface area (Å²) in [5, 5.41) is 3.76. The Hall–Kier alpha value is -1.99. The smallest absolute Gasteiger partial charge is 0.282 e. The van der Waals surface area contributed by atoms with Gasteiger partial charge in [0.1, 0.15) is 5.69 Å². The third-order valence-corrected chi connectivity index (χ3v) is 7.49. The van der Waals surface area contributed by atoms with Gasteiger partial charge >= 0.3 is 0 Å². The molecule has 0 bridgehead atoms. The Morgan fingerprint density at radius 1 is 1.07 bits per heavy atom. The summed E-state index contributed by atoms with van der Waals surface area (Å²) < 4.78 is 27.7. The van der Waals surface area contributed by atoms with Crippen molar-refractivity contribution in [1.29, 1.82) is 0 Å². The first-order valence-electron chi connectivity index (χ1n) is 11.3. The van der Waals surface area contributed by atoms with Gasteiger partial charge in [0.25, 0.3) is 12.3 Å². The summed E-state index contributed by atoms with van der Waals surface area (Å²) in [5.74, 6) is 0.464. The minimum atomic E-state index is -2.75. The number of amides is 2. The van der Waals surface area contributed by atoms with Crippen LogP contribution in [0, 0.1) is 11.3 Å². The van der Waals surface area contributed by atoms with Crippen LogP contribution in [0.25, 0.3) is 0 Å². The molecule has 6 nitrogen and oxygen atoms in total. The van der Waals surface area contributed by atoms with Crippen molar-refractivity contribution in [3.63, 3.8) is 0 Å². The molecule has 0 radical (unpaired) electrons. The van der Waals surface area contributed by atoms with Crippen molar-refractivity contribution >= 4 is 11.8 Å². The summed E-state index contributed by atoms with van der Waals surface area (Å²) in [6.07, 6.45) is 7.77. The summed E-state index contributed by atoms with van der Waals surface area (Å²) in [6.45, 7) is 3.05. The Balaban J connectivity index is 1.28. The van der Waals surface area contributed by atoms with E-state index in [1.165, 1.54) is 10.9 Å². The van der Waals surface area contributed by atoms with Crippen LogP contribution in [0.1, 0.15) is 80.3 Å². The topological polar surface area (TPSA) is 58.4 Å². The highest BCUT2D eigenvalue weighted by Gasteiger charge is 2.40. The Bertz CT molecular complexity index is 770. The predicted molar refractivity (Wildman–Crippen MR) is 108 cm³/mol. The zero-order valence-corrected chi connectivity index (χ0v) is 17.8. The maximum absolute atomic E-state index is 13.2. The molecule has 2 amide bonds. The number of aryl methyl sites for hydroxylation is 1. The van der Waals surface area contributed by atoms with Crippen LogP contribution in [0.2, 0.25) is 0 Å². The SMILES string of the molecule is Cn1cc(C(=O)N2CCC3(CCC(CC(=O)N4CCCC4)CC3)CC2)c(C(F)F)n1. The van der Waals surface area contributed by atoms with E-state index in [9.17, 15) is 18.4 Å². The normalized spacial score (nSPS) is 22.3. The molecule has 166 valence electrons. The molecule has 1 saturated carbocycles. The third-order valence-electron chi connectivity index (χ3n) is 7.49. The Morgan fingerprint density at radius 3 is 2.30 bits per heavy atom. The van der Waals surface area contributed by atoms with Crippen LogP contribution in [0.3, 0.4) is 0 Å². The molecule has 2 saturated heterocycles. The molecule has 1 spiro atoms. The second kappa shape index (κ2) is 8.63. The van der Waals surface area contributed by atoms with Gasteiger partial charge in [0.15, 0.2) is 0 Å². The van der Waals surface area contributed by atoms with E-state index >= 15 is 0 Å². The molecule has 8 heteroatoms. The molecule has 3 fully saturated rings. The summed E-state index contributed by atoms with van der Waals surface area (Å²) >= 11 is 0. The number of alkyl halides is 2. The van der Waals surface area contributed by atoms with Crippen LogP contribution in [-0.4, -0.2) is 57.6 Å². The molecule has 0 aromatic carbocycles. The number of carbonyl (C=O) groups is 2. The number of rotatable bonds is 4. The van der Waals surface area contributed by atoms with Crippen LogP contribution < -0.4 is 0 Å². The van der Waals surface area contributed by atoms with Gasteiger partial charge < -0.3 is 9.80 Å². The maximum Gasteiger partial charge on any atom is 0.282 e. The lowest BCUT2D eigenvalue weighted by molar-refractivity contribution is -0.131. The standard InChI is InChI=1S/C22H32F2N4O2/c1-26-15-17(19(25-26)20(23)24)21(30)28-12-8-22(9-13-28)6-4-16(5-7-22)14-18(29)27-10-2-3-11-27/h15-16,20H,2-14H2,1H3.